The Hall–Kier alpha value is -1.65. The van der Waals surface area contributed by atoms with Gasteiger partial charge in [-0.15, -0.1) is 11.3 Å². The van der Waals surface area contributed by atoms with Crippen LogP contribution in [0.15, 0.2) is 42.0 Å². The fourth-order valence-electron chi connectivity index (χ4n) is 2.45. The van der Waals surface area contributed by atoms with E-state index in [1.165, 1.54) is 15.6 Å². The molecular weight excluding hydrogens is 254 g/mol. The van der Waals surface area contributed by atoms with Gasteiger partial charge in [0.15, 0.2) is 0 Å². The van der Waals surface area contributed by atoms with E-state index in [1.54, 1.807) is 0 Å². The highest BCUT2D eigenvalue weighted by Gasteiger charge is 2.16. The quantitative estimate of drug-likeness (QED) is 0.790. The molecule has 3 aromatic rings. The van der Waals surface area contributed by atoms with E-state index in [4.69, 9.17) is 0 Å². The number of fused-ring (bicyclic) bond motifs is 1. The number of aromatic nitrogens is 2. The van der Waals surface area contributed by atoms with Crippen molar-refractivity contribution in [1.29, 1.82) is 0 Å². The predicted octanol–water partition coefficient (Wildman–Crippen LogP) is 3.14. The summed E-state index contributed by atoms with van der Waals surface area (Å²) in [4.78, 5) is 4.45. The van der Waals surface area contributed by atoms with Crippen LogP contribution < -0.4 is 5.32 Å². The minimum atomic E-state index is 0.248. The van der Waals surface area contributed by atoms with Crippen LogP contribution >= 0.6 is 11.3 Å². The van der Waals surface area contributed by atoms with Crippen LogP contribution in [0, 0.1) is 0 Å². The maximum Gasteiger partial charge on any atom is 0.125 e. The van der Waals surface area contributed by atoms with E-state index in [-0.39, 0.29) is 6.04 Å². The van der Waals surface area contributed by atoms with Crippen LogP contribution in [0.25, 0.3) is 10.1 Å². The van der Waals surface area contributed by atoms with Gasteiger partial charge in [-0.2, -0.15) is 0 Å². The van der Waals surface area contributed by atoms with Crippen LogP contribution in [0.5, 0.6) is 0 Å². The second kappa shape index (κ2) is 5.15. The molecule has 0 amide bonds. The summed E-state index contributed by atoms with van der Waals surface area (Å²) in [5, 5.41) is 6.99. The standard InChI is InChI=1S/C15H17N3S/c1-16-13(15-17-7-8-18(15)2)9-11-10-19-14-6-4-3-5-12(11)14/h3-8,10,13,16H,9H2,1-2H3. The minimum absolute atomic E-state index is 0.248. The first-order valence-corrected chi connectivity index (χ1v) is 7.27. The number of hydrogen-bond donors (Lipinski definition) is 1. The van der Waals surface area contributed by atoms with Crippen LogP contribution in [-0.4, -0.2) is 16.6 Å². The molecule has 19 heavy (non-hydrogen) atoms. The number of nitrogens with one attached hydrogen (secondary N) is 1. The zero-order chi connectivity index (χ0) is 13.2. The fraction of sp³-hybridized carbons (Fsp3) is 0.267. The Labute approximate surface area is 116 Å². The molecule has 0 saturated carbocycles. The third-order valence-electron chi connectivity index (χ3n) is 3.50. The highest BCUT2D eigenvalue weighted by Crippen LogP contribution is 2.28. The molecule has 0 fully saturated rings. The Morgan fingerprint density at radius 2 is 2.21 bits per heavy atom. The van der Waals surface area contributed by atoms with Gasteiger partial charge in [0.25, 0.3) is 0 Å². The molecule has 1 atom stereocenters. The molecule has 4 heteroatoms. The van der Waals surface area contributed by atoms with Gasteiger partial charge >= 0.3 is 0 Å². The molecule has 2 heterocycles. The van der Waals surface area contributed by atoms with Crippen molar-refractivity contribution in [3.63, 3.8) is 0 Å². The third-order valence-corrected chi connectivity index (χ3v) is 4.52. The summed E-state index contributed by atoms with van der Waals surface area (Å²) in [6.07, 6.45) is 4.81. The number of aryl methyl sites for hydroxylation is 1. The number of rotatable bonds is 4. The normalized spacial score (nSPS) is 12.9. The monoisotopic (exact) mass is 271 g/mol. The first kappa shape index (κ1) is 12.4. The van der Waals surface area contributed by atoms with E-state index < -0.39 is 0 Å². The van der Waals surface area contributed by atoms with Gasteiger partial charge in [-0.25, -0.2) is 4.98 Å². The van der Waals surface area contributed by atoms with Crippen molar-refractivity contribution in [2.75, 3.05) is 7.05 Å². The Kier molecular flexibility index (Phi) is 3.36. The first-order chi connectivity index (χ1) is 9.29. The Morgan fingerprint density at radius 3 is 2.95 bits per heavy atom. The van der Waals surface area contributed by atoms with Crippen LogP contribution in [-0.2, 0) is 13.5 Å². The summed E-state index contributed by atoms with van der Waals surface area (Å²) in [5.74, 6) is 1.08. The molecule has 0 aliphatic rings. The smallest absolute Gasteiger partial charge is 0.125 e. The fourth-order valence-corrected chi connectivity index (χ4v) is 3.42. The zero-order valence-corrected chi connectivity index (χ0v) is 11.9. The Balaban J connectivity index is 1.93. The predicted molar refractivity (Wildman–Crippen MR) is 80.5 cm³/mol. The molecule has 0 aliphatic heterocycles. The topological polar surface area (TPSA) is 29.9 Å². The van der Waals surface area contributed by atoms with Gasteiger partial charge in [-0.1, -0.05) is 18.2 Å². The largest absolute Gasteiger partial charge is 0.337 e. The van der Waals surface area contributed by atoms with Crippen molar-refractivity contribution in [2.24, 2.45) is 7.05 Å². The lowest BCUT2D eigenvalue weighted by Crippen LogP contribution is -2.22. The number of thiophene rings is 1. The maximum absolute atomic E-state index is 4.45. The van der Waals surface area contributed by atoms with Gasteiger partial charge in [-0.3, -0.25) is 0 Å². The molecule has 0 spiro atoms. The summed E-state index contributed by atoms with van der Waals surface area (Å²) >= 11 is 1.81. The van der Waals surface area contributed by atoms with E-state index in [0.29, 0.717) is 0 Å². The molecule has 3 nitrogen and oxygen atoms in total. The van der Waals surface area contributed by atoms with Crippen molar-refractivity contribution < 1.29 is 0 Å². The van der Waals surface area contributed by atoms with Crippen LogP contribution in [0.2, 0.25) is 0 Å². The zero-order valence-electron chi connectivity index (χ0n) is 11.1. The lowest BCUT2D eigenvalue weighted by atomic mass is 10.0. The van der Waals surface area contributed by atoms with Crippen molar-refractivity contribution in [1.82, 2.24) is 14.9 Å². The number of hydrogen-bond acceptors (Lipinski definition) is 3. The summed E-state index contributed by atoms with van der Waals surface area (Å²) in [5.41, 5.74) is 1.39. The molecular formula is C15H17N3S. The van der Waals surface area contributed by atoms with E-state index in [1.807, 2.05) is 37.8 Å². The third kappa shape index (κ3) is 2.29. The molecule has 1 N–H and O–H groups in total. The summed E-state index contributed by atoms with van der Waals surface area (Å²) in [7, 11) is 4.03. The van der Waals surface area contributed by atoms with Crippen LogP contribution in [0.4, 0.5) is 0 Å². The molecule has 1 aromatic carbocycles. The molecule has 3 rings (SSSR count). The van der Waals surface area contributed by atoms with E-state index in [9.17, 15) is 0 Å². The van der Waals surface area contributed by atoms with Crippen molar-refractivity contribution >= 4 is 21.4 Å². The van der Waals surface area contributed by atoms with Gasteiger partial charge in [-0.05, 0) is 35.9 Å². The number of nitrogens with zero attached hydrogens (tertiary/aromatic N) is 2. The second-order valence-electron chi connectivity index (χ2n) is 4.70. The number of imidazole rings is 1. The first-order valence-electron chi connectivity index (χ1n) is 6.39. The summed E-state index contributed by atoms with van der Waals surface area (Å²) in [6.45, 7) is 0. The van der Waals surface area contributed by atoms with Gasteiger partial charge in [0.1, 0.15) is 5.82 Å². The van der Waals surface area contributed by atoms with Gasteiger partial charge in [0.05, 0.1) is 6.04 Å². The maximum atomic E-state index is 4.45. The van der Waals surface area contributed by atoms with Gasteiger partial charge in [0.2, 0.25) is 0 Å². The van der Waals surface area contributed by atoms with Crippen LogP contribution in [0.3, 0.4) is 0 Å². The lowest BCUT2D eigenvalue weighted by molar-refractivity contribution is 0.540. The number of benzene rings is 1. The van der Waals surface area contributed by atoms with E-state index in [2.05, 4.69) is 44.5 Å². The highest BCUT2D eigenvalue weighted by atomic mass is 32.1. The summed E-state index contributed by atoms with van der Waals surface area (Å²) in [6, 6.07) is 8.83. The molecule has 0 saturated heterocycles. The van der Waals surface area contributed by atoms with Gasteiger partial charge in [0, 0.05) is 24.1 Å². The minimum Gasteiger partial charge on any atom is -0.337 e. The SMILES string of the molecule is CNC(Cc1csc2ccccc12)c1nccn1C. The molecule has 0 aliphatic carbocycles. The molecule has 0 bridgehead atoms. The molecule has 98 valence electrons. The number of likely N-dealkylation sites (N-methyl/N-ethyl adjacent to an activating group) is 1. The average Bonchev–Trinajstić information content (AvgIpc) is 3.03. The molecule has 1 unspecified atom stereocenters. The Morgan fingerprint density at radius 1 is 1.37 bits per heavy atom. The second-order valence-corrected chi connectivity index (χ2v) is 5.61. The van der Waals surface area contributed by atoms with Gasteiger partial charge < -0.3 is 9.88 Å². The van der Waals surface area contributed by atoms with Crippen molar-refractivity contribution in [3.8, 4) is 0 Å². The van der Waals surface area contributed by atoms with Crippen LogP contribution in [0.1, 0.15) is 17.4 Å². The lowest BCUT2D eigenvalue weighted by Gasteiger charge is -2.15. The van der Waals surface area contributed by atoms with E-state index >= 15 is 0 Å². The van der Waals surface area contributed by atoms with Crippen molar-refractivity contribution in [3.05, 3.63) is 53.4 Å². The summed E-state index contributed by atoms with van der Waals surface area (Å²) < 4.78 is 3.43. The highest BCUT2D eigenvalue weighted by molar-refractivity contribution is 7.17. The van der Waals surface area contributed by atoms with Crippen molar-refractivity contribution in [2.45, 2.75) is 12.5 Å². The Bertz CT molecular complexity index is 683. The molecule has 2 aromatic heterocycles. The van der Waals surface area contributed by atoms with E-state index in [0.717, 1.165) is 12.2 Å². The average molecular weight is 271 g/mol. The molecule has 0 radical (unpaired) electrons.